The van der Waals surface area contributed by atoms with Crippen molar-refractivity contribution in [3.05, 3.63) is 41.8 Å². The highest BCUT2D eigenvalue weighted by molar-refractivity contribution is 7.98. The molecule has 0 bridgehead atoms. The largest absolute Gasteiger partial charge is 0.414 e. The number of nitrogens with zero attached hydrogens (tertiary/aromatic N) is 2. The average Bonchev–Trinajstić information content (AvgIpc) is 2.85. The first kappa shape index (κ1) is 16.0. The van der Waals surface area contributed by atoms with Crippen LogP contribution < -0.4 is 5.73 Å². The third kappa shape index (κ3) is 4.53. The lowest BCUT2D eigenvalue weighted by atomic mass is 10.1. The van der Waals surface area contributed by atoms with E-state index < -0.39 is 0 Å². The van der Waals surface area contributed by atoms with Crippen LogP contribution in [0.2, 0.25) is 0 Å². The van der Waals surface area contributed by atoms with Crippen LogP contribution in [0.25, 0.3) is 0 Å². The fraction of sp³-hybridized carbons (Fsp3) is 0.385. The molecule has 4 nitrogen and oxygen atoms in total. The molecule has 0 saturated heterocycles. The molecule has 0 aliphatic rings. The summed E-state index contributed by atoms with van der Waals surface area (Å²) in [6.45, 7) is 4.07. The summed E-state index contributed by atoms with van der Waals surface area (Å²) in [4.78, 5) is 0. The first-order valence-corrected chi connectivity index (χ1v) is 6.91. The molecule has 0 radical (unpaired) electrons. The topological polar surface area (TPSA) is 64.9 Å². The fourth-order valence-corrected chi connectivity index (χ4v) is 2.14. The van der Waals surface area contributed by atoms with Crippen LogP contribution in [0.5, 0.6) is 0 Å². The molecule has 19 heavy (non-hydrogen) atoms. The van der Waals surface area contributed by atoms with E-state index in [9.17, 15) is 0 Å². The Kier molecular flexibility index (Phi) is 6.34. The van der Waals surface area contributed by atoms with Crippen LogP contribution in [0, 0.1) is 5.92 Å². The lowest BCUT2D eigenvalue weighted by molar-refractivity contribution is 0.349. The zero-order valence-corrected chi connectivity index (χ0v) is 12.6. The van der Waals surface area contributed by atoms with Gasteiger partial charge in [-0.25, -0.2) is 0 Å². The lowest BCUT2D eigenvalue weighted by Crippen LogP contribution is -2.16. The summed E-state index contributed by atoms with van der Waals surface area (Å²) in [5.74, 6) is 1.62. The Morgan fingerprint density at radius 1 is 1.21 bits per heavy atom. The molecule has 1 aromatic heterocycles. The molecule has 0 aliphatic carbocycles. The molecule has 0 unspecified atom stereocenters. The van der Waals surface area contributed by atoms with Gasteiger partial charge in [0.15, 0.2) is 0 Å². The Balaban J connectivity index is 0.00000180. The van der Waals surface area contributed by atoms with Gasteiger partial charge >= 0.3 is 0 Å². The minimum atomic E-state index is -0.191. The first-order chi connectivity index (χ1) is 8.66. The van der Waals surface area contributed by atoms with E-state index in [1.807, 2.05) is 32.0 Å². The van der Waals surface area contributed by atoms with Gasteiger partial charge in [0.05, 0.1) is 6.04 Å². The van der Waals surface area contributed by atoms with E-state index in [0.29, 0.717) is 11.1 Å². The van der Waals surface area contributed by atoms with Crippen molar-refractivity contribution in [3.8, 4) is 0 Å². The molecule has 0 aliphatic heterocycles. The van der Waals surface area contributed by atoms with E-state index in [0.717, 1.165) is 5.75 Å². The van der Waals surface area contributed by atoms with Crippen molar-refractivity contribution in [1.82, 2.24) is 10.2 Å². The number of hydrogen-bond acceptors (Lipinski definition) is 5. The number of nitrogens with two attached hydrogens (primary N) is 1. The summed E-state index contributed by atoms with van der Waals surface area (Å²) < 4.78 is 5.54. The van der Waals surface area contributed by atoms with Crippen molar-refractivity contribution < 1.29 is 4.42 Å². The SMILES string of the molecule is CC(C)[C@H](N)c1nnc(SCc2ccccc2)o1.Cl. The average molecular weight is 300 g/mol. The summed E-state index contributed by atoms with van der Waals surface area (Å²) in [5, 5.41) is 8.56. The Bertz CT molecular complexity index is 490. The number of aromatic nitrogens is 2. The third-order valence-corrected chi connectivity index (χ3v) is 3.52. The maximum Gasteiger partial charge on any atom is 0.276 e. The van der Waals surface area contributed by atoms with Gasteiger partial charge in [0.1, 0.15) is 0 Å². The van der Waals surface area contributed by atoms with E-state index >= 15 is 0 Å². The molecule has 0 fully saturated rings. The molecule has 0 saturated carbocycles. The summed E-state index contributed by atoms with van der Waals surface area (Å²) in [6, 6.07) is 9.99. The minimum absolute atomic E-state index is 0. The highest BCUT2D eigenvalue weighted by Crippen LogP contribution is 2.24. The molecule has 0 amide bonds. The Morgan fingerprint density at radius 2 is 1.89 bits per heavy atom. The number of thioether (sulfide) groups is 1. The van der Waals surface area contributed by atoms with Crippen LogP contribution in [0.1, 0.15) is 31.3 Å². The van der Waals surface area contributed by atoms with Crippen molar-refractivity contribution in [1.29, 1.82) is 0 Å². The third-order valence-electron chi connectivity index (χ3n) is 2.63. The molecule has 6 heteroatoms. The van der Waals surface area contributed by atoms with Gasteiger partial charge < -0.3 is 10.2 Å². The van der Waals surface area contributed by atoms with Gasteiger partial charge in [-0.3, -0.25) is 0 Å². The van der Waals surface area contributed by atoms with Crippen LogP contribution in [0.4, 0.5) is 0 Å². The van der Waals surface area contributed by atoms with Gasteiger partial charge in [0, 0.05) is 5.75 Å². The number of rotatable bonds is 5. The van der Waals surface area contributed by atoms with Crippen molar-refractivity contribution in [2.75, 3.05) is 0 Å². The highest BCUT2D eigenvalue weighted by Gasteiger charge is 2.17. The van der Waals surface area contributed by atoms with Gasteiger partial charge in [0.25, 0.3) is 5.22 Å². The number of benzene rings is 1. The van der Waals surface area contributed by atoms with E-state index in [1.165, 1.54) is 17.3 Å². The molecule has 1 heterocycles. The van der Waals surface area contributed by atoms with E-state index in [2.05, 4.69) is 22.3 Å². The lowest BCUT2D eigenvalue weighted by Gasteiger charge is -2.09. The van der Waals surface area contributed by atoms with Gasteiger partial charge in [-0.2, -0.15) is 0 Å². The monoisotopic (exact) mass is 299 g/mol. The molecule has 0 spiro atoms. The Hall–Kier alpha value is -1.04. The summed E-state index contributed by atoms with van der Waals surface area (Å²) in [6.07, 6.45) is 0. The zero-order chi connectivity index (χ0) is 13.0. The number of hydrogen-bond donors (Lipinski definition) is 1. The predicted molar refractivity (Wildman–Crippen MR) is 79.3 cm³/mol. The summed E-state index contributed by atoms with van der Waals surface area (Å²) in [7, 11) is 0. The molecule has 1 atom stereocenters. The second kappa shape index (κ2) is 7.53. The molecule has 2 rings (SSSR count). The quantitative estimate of drug-likeness (QED) is 0.857. The predicted octanol–water partition coefficient (Wildman–Crippen LogP) is 3.44. The van der Waals surface area contributed by atoms with E-state index in [1.54, 1.807) is 0 Å². The number of halogens is 1. The maximum atomic E-state index is 5.95. The summed E-state index contributed by atoms with van der Waals surface area (Å²) >= 11 is 1.53. The van der Waals surface area contributed by atoms with E-state index in [-0.39, 0.29) is 24.4 Å². The van der Waals surface area contributed by atoms with Gasteiger partial charge in [-0.15, -0.1) is 22.6 Å². The molecule has 104 valence electrons. The summed E-state index contributed by atoms with van der Waals surface area (Å²) in [5.41, 5.74) is 7.18. The molecule has 1 aromatic carbocycles. The fourth-order valence-electron chi connectivity index (χ4n) is 1.42. The highest BCUT2D eigenvalue weighted by atomic mass is 35.5. The van der Waals surface area contributed by atoms with Crippen LogP contribution in [0.3, 0.4) is 0 Å². The van der Waals surface area contributed by atoms with Crippen molar-refractivity contribution in [2.45, 2.75) is 30.9 Å². The second-order valence-electron chi connectivity index (χ2n) is 4.45. The standard InChI is InChI=1S/C13H17N3OS.ClH/c1-9(2)11(14)12-15-16-13(17-12)18-8-10-6-4-3-5-7-10;/h3-7,9,11H,8,14H2,1-2H3;1H/t11-;/m0./s1. The van der Waals surface area contributed by atoms with Gasteiger partial charge in [-0.1, -0.05) is 55.9 Å². The van der Waals surface area contributed by atoms with Gasteiger partial charge in [-0.05, 0) is 11.5 Å². The zero-order valence-electron chi connectivity index (χ0n) is 10.9. The molecule has 2 aromatic rings. The Morgan fingerprint density at radius 3 is 2.53 bits per heavy atom. The second-order valence-corrected chi connectivity index (χ2v) is 5.38. The van der Waals surface area contributed by atoms with Crippen molar-refractivity contribution in [2.24, 2.45) is 11.7 Å². The minimum Gasteiger partial charge on any atom is -0.414 e. The first-order valence-electron chi connectivity index (χ1n) is 5.92. The smallest absolute Gasteiger partial charge is 0.276 e. The van der Waals surface area contributed by atoms with Crippen LogP contribution >= 0.6 is 24.2 Å². The van der Waals surface area contributed by atoms with Gasteiger partial charge in [0.2, 0.25) is 5.89 Å². The molecular formula is C13H18ClN3OS. The normalized spacial score (nSPS) is 12.2. The van der Waals surface area contributed by atoms with Crippen LogP contribution in [0.15, 0.2) is 40.0 Å². The van der Waals surface area contributed by atoms with Crippen LogP contribution in [-0.4, -0.2) is 10.2 Å². The van der Waals surface area contributed by atoms with Crippen LogP contribution in [-0.2, 0) is 5.75 Å². The molecule has 2 N–H and O–H groups in total. The maximum absolute atomic E-state index is 5.95. The van der Waals surface area contributed by atoms with Crippen molar-refractivity contribution in [3.63, 3.8) is 0 Å². The molecular weight excluding hydrogens is 282 g/mol. The van der Waals surface area contributed by atoms with E-state index in [4.69, 9.17) is 10.2 Å². The Labute approximate surface area is 123 Å². The van der Waals surface area contributed by atoms with Crippen molar-refractivity contribution >= 4 is 24.2 Å².